The third-order valence-electron chi connectivity index (χ3n) is 1.70. The fourth-order valence-electron chi connectivity index (χ4n) is 1.12. The highest BCUT2D eigenvalue weighted by Crippen LogP contribution is 2.19. The Balaban J connectivity index is 3.20. The maximum Gasteiger partial charge on any atom is 0.273 e. The van der Waals surface area contributed by atoms with E-state index in [1.165, 1.54) is 6.07 Å². The second-order valence-electron chi connectivity index (χ2n) is 2.72. The monoisotopic (exact) mass is 176 g/mol. The molecule has 4 heteroatoms. The Labute approximate surface area is 75.6 Å². The predicted octanol–water partition coefficient (Wildman–Crippen LogP) is 1.97. The number of nitrogens with zero attached hydrogens (tertiary/aromatic N) is 2. The van der Waals surface area contributed by atoms with Crippen LogP contribution < -0.4 is 0 Å². The lowest BCUT2D eigenvalue weighted by atomic mass is 10.1. The first-order chi connectivity index (χ1) is 6.15. The van der Waals surface area contributed by atoms with Gasteiger partial charge in [-0.2, -0.15) is 5.26 Å². The molecule has 0 radical (unpaired) electrons. The molecule has 0 N–H and O–H groups in total. The van der Waals surface area contributed by atoms with E-state index in [0.29, 0.717) is 5.56 Å². The summed E-state index contributed by atoms with van der Waals surface area (Å²) in [6.07, 6.45) is 0.0813. The van der Waals surface area contributed by atoms with Gasteiger partial charge >= 0.3 is 0 Å². The largest absolute Gasteiger partial charge is 0.273 e. The zero-order valence-corrected chi connectivity index (χ0v) is 7.15. The van der Waals surface area contributed by atoms with E-state index in [1.54, 1.807) is 12.1 Å². The molecule has 0 aromatic heterocycles. The Hall–Kier alpha value is -1.89. The number of benzene rings is 1. The van der Waals surface area contributed by atoms with Gasteiger partial charge < -0.3 is 0 Å². The van der Waals surface area contributed by atoms with Crippen LogP contribution in [0.2, 0.25) is 0 Å². The van der Waals surface area contributed by atoms with E-state index in [-0.39, 0.29) is 12.1 Å². The zero-order chi connectivity index (χ0) is 9.84. The third-order valence-corrected chi connectivity index (χ3v) is 1.70. The van der Waals surface area contributed by atoms with Crippen molar-refractivity contribution in [2.75, 3.05) is 0 Å². The first kappa shape index (κ1) is 9.20. The van der Waals surface area contributed by atoms with Crippen molar-refractivity contribution in [3.8, 4) is 6.07 Å². The minimum Gasteiger partial charge on any atom is -0.258 e. The molecule has 0 aliphatic heterocycles. The van der Waals surface area contributed by atoms with Gasteiger partial charge in [-0.05, 0) is 13.0 Å². The van der Waals surface area contributed by atoms with Crippen molar-refractivity contribution < 1.29 is 4.92 Å². The Morgan fingerprint density at radius 1 is 1.62 bits per heavy atom. The maximum atomic E-state index is 10.5. The number of hydrogen-bond donors (Lipinski definition) is 0. The van der Waals surface area contributed by atoms with E-state index >= 15 is 0 Å². The molecule has 13 heavy (non-hydrogen) atoms. The number of aryl methyl sites for hydroxylation is 1. The molecule has 1 aromatic carbocycles. The molecule has 0 saturated heterocycles. The van der Waals surface area contributed by atoms with Gasteiger partial charge in [-0.25, -0.2) is 0 Å². The van der Waals surface area contributed by atoms with E-state index in [4.69, 9.17) is 5.26 Å². The smallest absolute Gasteiger partial charge is 0.258 e. The minimum absolute atomic E-state index is 0.0205. The molecule has 0 spiro atoms. The molecule has 0 saturated carbocycles. The molecule has 0 fully saturated rings. The van der Waals surface area contributed by atoms with Gasteiger partial charge in [0.15, 0.2) is 0 Å². The lowest BCUT2D eigenvalue weighted by Gasteiger charge is -1.98. The summed E-state index contributed by atoms with van der Waals surface area (Å²) in [6.45, 7) is 1.84. The van der Waals surface area contributed by atoms with Gasteiger partial charge in [-0.15, -0.1) is 0 Å². The molecule has 1 rings (SSSR count). The molecule has 0 atom stereocenters. The fraction of sp³-hybridized carbons (Fsp3) is 0.222. The van der Waals surface area contributed by atoms with Crippen molar-refractivity contribution >= 4 is 5.69 Å². The number of nitro groups is 1. The molecule has 0 bridgehead atoms. The van der Waals surface area contributed by atoms with Crippen LogP contribution in [0.15, 0.2) is 18.2 Å². The van der Waals surface area contributed by atoms with Crippen molar-refractivity contribution in [2.24, 2.45) is 0 Å². The Bertz CT molecular complexity index is 380. The molecule has 0 heterocycles. The van der Waals surface area contributed by atoms with E-state index in [1.807, 2.05) is 13.0 Å². The number of rotatable bonds is 2. The Morgan fingerprint density at radius 2 is 2.31 bits per heavy atom. The van der Waals surface area contributed by atoms with Crippen LogP contribution in [0, 0.1) is 28.4 Å². The summed E-state index contributed by atoms with van der Waals surface area (Å²) in [5.74, 6) is 0. The number of nitro benzene ring substituents is 1. The maximum absolute atomic E-state index is 10.5. The molecule has 0 amide bonds. The Kier molecular flexibility index (Phi) is 2.60. The molecule has 0 unspecified atom stereocenters. The van der Waals surface area contributed by atoms with E-state index in [9.17, 15) is 10.1 Å². The zero-order valence-electron chi connectivity index (χ0n) is 7.15. The summed E-state index contributed by atoms with van der Waals surface area (Å²) in [7, 11) is 0. The highest BCUT2D eigenvalue weighted by Gasteiger charge is 2.12. The van der Waals surface area contributed by atoms with Gasteiger partial charge in [0.1, 0.15) is 0 Å². The topological polar surface area (TPSA) is 66.9 Å². The van der Waals surface area contributed by atoms with Crippen LogP contribution in [0.25, 0.3) is 0 Å². The molecular formula is C9H8N2O2. The van der Waals surface area contributed by atoms with Crippen molar-refractivity contribution in [3.05, 3.63) is 39.4 Å². The summed E-state index contributed by atoms with van der Waals surface area (Å²) < 4.78 is 0. The first-order valence-corrected chi connectivity index (χ1v) is 3.76. The molecule has 0 aliphatic rings. The summed E-state index contributed by atoms with van der Waals surface area (Å²) >= 11 is 0. The van der Waals surface area contributed by atoms with Crippen molar-refractivity contribution in [1.82, 2.24) is 0 Å². The molecule has 4 nitrogen and oxygen atoms in total. The average Bonchev–Trinajstić information content (AvgIpc) is 2.04. The van der Waals surface area contributed by atoms with Crippen LogP contribution >= 0.6 is 0 Å². The van der Waals surface area contributed by atoms with Gasteiger partial charge in [0.25, 0.3) is 5.69 Å². The second kappa shape index (κ2) is 3.68. The summed E-state index contributed by atoms with van der Waals surface area (Å²) in [4.78, 5) is 10.0. The van der Waals surface area contributed by atoms with Gasteiger partial charge in [0, 0.05) is 11.6 Å². The van der Waals surface area contributed by atoms with Crippen LogP contribution in [0.5, 0.6) is 0 Å². The van der Waals surface area contributed by atoms with Crippen molar-refractivity contribution in [1.29, 1.82) is 5.26 Å². The van der Waals surface area contributed by atoms with Crippen LogP contribution in [-0.2, 0) is 6.42 Å². The van der Waals surface area contributed by atoms with Gasteiger partial charge in [0.2, 0.25) is 0 Å². The van der Waals surface area contributed by atoms with Crippen molar-refractivity contribution in [2.45, 2.75) is 13.3 Å². The summed E-state index contributed by atoms with van der Waals surface area (Å²) in [5.41, 5.74) is 1.43. The number of hydrogen-bond acceptors (Lipinski definition) is 3. The SMILES string of the molecule is Cc1ccc([N+](=O)[O-])c(CC#N)c1. The van der Waals surface area contributed by atoms with Crippen LogP contribution in [-0.4, -0.2) is 4.92 Å². The average molecular weight is 176 g/mol. The fourth-order valence-corrected chi connectivity index (χ4v) is 1.12. The van der Waals surface area contributed by atoms with Crippen LogP contribution in [0.4, 0.5) is 5.69 Å². The standard InChI is InChI=1S/C9H8N2O2/c1-7-2-3-9(11(12)13)8(6-7)4-5-10/h2-3,6H,4H2,1H3. The Morgan fingerprint density at radius 3 is 2.85 bits per heavy atom. The molecule has 1 aromatic rings. The lowest BCUT2D eigenvalue weighted by Crippen LogP contribution is -1.94. The van der Waals surface area contributed by atoms with E-state index in [0.717, 1.165) is 5.56 Å². The predicted molar refractivity (Wildman–Crippen MR) is 47.2 cm³/mol. The van der Waals surface area contributed by atoms with E-state index in [2.05, 4.69) is 0 Å². The third kappa shape index (κ3) is 2.03. The second-order valence-corrected chi connectivity index (χ2v) is 2.72. The molecule has 0 aliphatic carbocycles. The van der Waals surface area contributed by atoms with Crippen LogP contribution in [0.1, 0.15) is 11.1 Å². The highest BCUT2D eigenvalue weighted by molar-refractivity contribution is 5.43. The number of nitriles is 1. The molecular weight excluding hydrogens is 168 g/mol. The van der Waals surface area contributed by atoms with Crippen LogP contribution in [0.3, 0.4) is 0 Å². The van der Waals surface area contributed by atoms with Gasteiger partial charge in [-0.1, -0.05) is 11.6 Å². The molecule has 66 valence electrons. The normalized spacial score (nSPS) is 9.23. The summed E-state index contributed by atoms with van der Waals surface area (Å²) in [6, 6.07) is 6.67. The lowest BCUT2D eigenvalue weighted by molar-refractivity contribution is -0.385. The highest BCUT2D eigenvalue weighted by atomic mass is 16.6. The summed E-state index contributed by atoms with van der Waals surface area (Å²) in [5, 5.41) is 18.9. The quantitative estimate of drug-likeness (QED) is 0.511. The van der Waals surface area contributed by atoms with Gasteiger partial charge in [-0.3, -0.25) is 10.1 Å². The van der Waals surface area contributed by atoms with E-state index < -0.39 is 4.92 Å². The van der Waals surface area contributed by atoms with Crippen molar-refractivity contribution in [3.63, 3.8) is 0 Å². The first-order valence-electron chi connectivity index (χ1n) is 3.76. The minimum atomic E-state index is -0.466. The van der Waals surface area contributed by atoms with Gasteiger partial charge in [0.05, 0.1) is 17.4 Å².